The maximum absolute atomic E-state index is 4.63. The van der Waals surface area contributed by atoms with Gasteiger partial charge in [0.1, 0.15) is 0 Å². The van der Waals surface area contributed by atoms with E-state index in [2.05, 4.69) is 68.5 Å². The van der Waals surface area contributed by atoms with Crippen molar-refractivity contribution in [3.05, 3.63) is 102 Å². The molecule has 1 aromatic carbocycles. The predicted molar refractivity (Wildman–Crippen MR) is 125 cm³/mol. The van der Waals surface area contributed by atoms with E-state index < -0.39 is 0 Å². The normalized spacial score (nSPS) is 11.8. The molecule has 2 aliphatic rings. The van der Waals surface area contributed by atoms with Gasteiger partial charge in [-0.15, -0.1) is 0 Å². The van der Waals surface area contributed by atoms with E-state index in [1.54, 1.807) is 0 Å². The molecule has 2 aliphatic heterocycles. The monoisotopic (exact) mass is 501 g/mol. The molecule has 0 radical (unpaired) electrons. The van der Waals surface area contributed by atoms with Gasteiger partial charge in [0.05, 0.1) is 22.8 Å². The molecule has 145 valence electrons. The number of nitrogens with one attached hydrogen (secondary N) is 2. The first-order valence-corrected chi connectivity index (χ1v) is 12.1. The van der Waals surface area contributed by atoms with Crippen LogP contribution in [-0.4, -0.2) is 19.9 Å². The SMILES string of the molecule is C1=Cc2cc3ccc(cc4nc(cc5ccc(cc1n2)[nH]5)C=C4)[nH]3.[Cd][c]1ccccc1. The van der Waals surface area contributed by atoms with Gasteiger partial charge in [0, 0.05) is 22.1 Å². The predicted octanol–water partition coefficient (Wildman–Crippen LogP) is 5.51. The topological polar surface area (TPSA) is 57.4 Å². The molecule has 4 nitrogen and oxygen atoms in total. The second-order valence-corrected chi connectivity index (χ2v) is 9.72. The van der Waals surface area contributed by atoms with Crippen molar-refractivity contribution in [1.29, 1.82) is 0 Å². The van der Waals surface area contributed by atoms with Gasteiger partial charge in [0.15, 0.2) is 0 Å². The molecule has 6 rings (SSSR count). The number of hydrogen-bond donors (Lipinski definition) is 2. The Kier molecular flexibility index (Phi) is 5.62. The summed E-state index contributed by atoms with van der Waals surface area (Å²) in [6, 6.07) is 26.9. The van der Waals surface area contributed by atoms with Crippen molar-refractivity contribution in [2.75, 3.05) is 0 Å². The van der Waals surface area contributed by atoms with E-state index in [-0.39, 0.29) is 0 Å². The molecule has 0 atom stereocenters. The molecular weight excluding hydrogens is 481 g/mol. The van der Waals surface area contributed by atoms with Crippen molar-refractivity contribution >= 4 is 49.5 Å². The van der Waals surface area contributed by atoms with E-state index in [1.165, 1.54) is 3.12 Å². The van der Waals surface area contributed by atoms with Crippen molar-refractivity contribution in [3.63, 3.8) is 0 Å². The van der Waals surface area contributed by atoms with E-state index in [0.717, 1.165) is 70.6 Å². The van der Waals surface area contributed by atoms with Crippen LogP contribution in [0.4, 0.5) is 0 Å². The van der Waals surface area contributed by atoms with Crippen LogP contribution in [0.1, 0.15) is 22.8 Å². The van der Waals surface area contributed by atoms with Crippen molar-refractivity contribution in [2.24, 2.45) is 0 Å². The first-order valence-electron chi connectivity index (χ1n) is 10.1. The van der Waals surface area contributed by atoms with Gasteiger partial charge in [-0.2, -0.15) is 0 Å². The summed E-state index contributed by atoms with van der Waals surface area (Å²) in [6.45, 7) is 0. The van der Waals surface area contributed by atoms with Gasteiger partial charge in [0.2, 0.25) is 0 Å². The minimum atomic E-state index is 0.939. The van der Waals surface area contributed by atoms with Crippen LogP contribution < -0.4 is 3.12 Å². The number of nitrogens with zero attached hydrogens (tertiary/aromatic N) is 2. The van der Waals surface area contributed by atoms with Crippen LogP contribution in [0.15, 0.2) is 78.9 Å². The van der Waals surface area contributed by atoms with Crippen LogP contribution in [0.2, 0.25) is 0 Å². The molecule has 0 saturated heterocycles. The Balaban J connectivity index is 0.000000250. The summed E-state index contributed by atoms with van der Waals surface area (Å²) in [7, 11) is 0. The van der Waals surface area contributed by atoms with Gasteiger partial charge in [-0.25, -0.2) is 9.97 Å². The molecule has 2 N–H and O–H groups in total. The van der Waals surface area contributed by atoms with E-state index in [0.29, 0.717) is 0 Å². The number of benzene rings is 1. The Morgan fingerprint density at radius 1 is 0.484 bits per heavy atom. The van der Waals surface area contributed by atoms with E-state index in [1.807, 2.05) is 54.6 Å². The van der Waals surface area contributed by atoms with Crippen molar-refractivity contribution in [3.8, 4) is 0 Å². The van der Waals surface area contributed by atoms with Crippen LogP contribution in [0.3, 0.4) is 0 Å². The van der Waals surface area contributed by atoms with Crippen molar-refractivity contribution in [1.82, 2.24) is 19.9 Å². The average Bonchev–Trinajstić information content (AvgIpc) is 3.55. The molecule has 0 fully saturated rings. The summed E-state index contributed by atoms with van der Waals surface area (Å²) in [5.74, 6) is 0. The number of rotatable bonds is 0. The molecule has 8 bridgehead atoms. The molecule has 0 spiro atoms. The van der Waals surface area contributed by atoms with Crippen LogP contribution in [0.5, 0.6) is 0 Å². The van der Waals surface area contributed by atoms with Gasteiger partial charge in [0.25, 0.3) is 0 Å². The summed E-state index contributed by atoms with van der Waals surface area (Å²) in [4.78, 5) is 16.0. The van der Waals surface area contributed by atoms with Gasteiger partial charge in [-0.3, -0.25) is 0 Å². The quantitative estimate of drug-likeness (QED) is 0.271. The molecule has 3 aromatic heterocycles. The third-order valence-electron chi connectivity index (χ3n) is 4.88. The van der Waals surface area contributed by atoms with Gasteiger partial charge in [-0.05, 0) is 72.8 Å². The Morgan fingerprint density at radius 3 is 1.13 bits per heavy atom. The first-order chi connectivity index (χ1) is 15.2. The molecule has 0 unspecified atom stereocenters. The molecule has 31 heavy (non-hydrogen) atoms. The second kappa shape index (κ2) is 8.85. The number of H-pyrrole nitrogens is 2. The standard InChI is InChI=1S/C20H14N4.C6H5.Cd/c1-2-14-10-16-5-6-18(23-16)12-20-8-7-19(24-20)11-17-4-3-15(22-17)9-13(1)21-14;1-2-4-6-5-3-1;/h1-12,21,24H;1-5H;. The fourth-order valence-corrected chi connectivity index (χ4v) is 4.20. The Morgan fingerprint density at radius 2 is 0.839 bits per heavy atom. The van der Waals surface area contributed by atoms with E-state index in [9.17, 15) is 0 Å². The molecule has 4 aromatic rings. The zero-order valence-corrected chi connectivity index (χ0v) is 21.0. The molecule has 0 aliphatic carbocycles. The van der Waals surface area contributed by atoms with E-state index >= 15 is 0 Å². The third-order valence-corrected chi connectivity index (χ3v) is 6.23. The third kappa shape index (κ3) is 5.08. The first kappa shape index (κ1) is 19.7. The fraction of sp³-hybridized carbons (Fsp3) is 0. The van der Waals surface area contributed by atoms with Crippen LogP contribution in [-0.2, 0) is 25.8 Å². The molecule has 5 heteroatoms. The van der Waals surface area contributed by atoms with Crippen molar-refractivity contribution in [2.45, 2.75) is 0 Å². The number of hydrogen-bond acceptors (Lipinski definition) is 2. The van der Waals surface area contributed by atoms with Gasteiger partial charge >= 0.3 is 59.2 Å². The van der Waals surface area contributed by atoms with Crippen LogP contribution in [0.25, 0.3) is 46.4 Å². The zero-order valence-electron chi connectivity index (χ0n) is 16.9. The molecule has 0 saturated carbocycles. The van der Waals surface area contributed by atoms with Gasteiger partial charge in [-0.1, -0.05) is 0 Å². The number of fused-ring (bicyclic) bond motifs is 8. The Bertz CT molecular complexity index is 1270. The number of aromatic nitrogens is 4. The molecule has 5 heterocycles. The molecule has 0 amide bonds. The molecular formula is C26H19CdN4. The van der Waals surface area contributed by atoms with Crippen molar-refractivity contribution < 1.29 is 25.8 Å². The Hall–Kier alpha value is -3.26. The zero-order chi connectivity index (χ0) is 21.0. The average molecular weight is 500 g/mol. The maximum atomic E-state index is 4.63. The minimum absolute atomic E-state index is 0.939. The number of aromatic amines is 2. The summed E-state index contributed by atoms with van der Waals surface area (Å²) in [5, 5.41) is 0. The van der Waals surface area contributed by atoms with E-state index in [4.69, 9.17) is 0 Å². The summed E-state index contributed by atoms with van der Waals surface area (Å²) >= 11 is 0.970. The van der Waals surface area contributed by atoms with Gasteiger partial charge < -0.3 is 9.97 Å². The van der Waals surface area contributed by atoms with Crippen LogP contribution >= 0.6 is 0 Å². The summed E-state index contributed by atoms with van der Waals surface area (Å²) in [6.07, 6.45) is 8.09. The summed E-state index contributed by atoms with van der Waals surface area (Å²) < 4.78 is 1.49. The fourth-order valence-electron chi connectivity index (χ4n) is 3.42. The second-order valence-electron chi connectivity index (χ2n) is 7.39. The summed E-state index contributed by atoms with van der Waals surface area (Å²) in [5.41, 5.74) is 7.86. The van der Waals surface area contributed by atoms with Crippen LogP contribution in [0, 0.1) is 0 Å². The Labute approximate surface area is 196 Å².